The summed E-state index contributed by atoms with van der Waals surface area (Å²) < 4.78 is 23.1. The maximum atomic E-state index is 11.3. The van der Waals surface area contributed by atoms with Crippen LogP contribution >= 0.6 is 27.7 Å². The molecular formula is C9H14BrNO3S2. The van der Waals surface area contributed by atoms with Gasteiger partial charge in [-0.15, -0.1) is 11.8 Å². The predicted octanol–water partition coefficient (Wildman–Crippen LogP) is 0.931. The molecule has 1 rings (SSSR count). The second-order valence-electron chi connectivity index (χ2n) is 3.63. The van der Waals surface area contributed by atoms with E-state index in [2.05, 4.69) is 27.8 Å². The van der Waals surface area contributed by atoms with Gasteiger partial charge in [0.25, 0.3) is 0 Å². The number of amides is 1. The summed E-state index contributed by atoms with van der Waals surface area (Å²) in [6.45, 7) is 4.00. The van der Waals surface area contributed by atoms with Crippen molar-refractivity contribution in [3.05, 3.63) is 11.1 Å². The Balaban J connectivity index is 2.20. The Labute approximate surface area is 108 Å². The summed E-state index contributed by atoms with van der Waals surface area (Å²) >= 11 is 4.55. The van der Waals surface area contributed by atoms with E-state index in [4.69, 9.17) is 0 Å². The lowest BCUT2D eigenvalue weighted by Crippen LogP contribution is -2.27. The number of nitrogens with one attached hydrogen (secondary N) is 1. The second-order valence-corrected chi connectivity index (χ2v) is 8.27. The number of carbonyl (C=O) groups excluding carboxylic acids is 1. The van der Waals surface area contributed by atoms with Crippen LogP contribution in [-0.2, 0) is 14.6 Å². The molecule has 1 N–H and O–H groups in total. The number of rotatable bonds is 5. The van der Waals surface area contributed by atoms with Gasteiger partial charge in [-0.1, -0.05) is 22.5 Å². The third kappa shape index (κ3) is 5.36. The van der Waals surface area contributed by atoms with Crippen molar-refractivity contribution in [2.45, 2.75) is 11.7 Å². The van der Waals surface area contributed by atoms with Crippen LogP contribution in [0, 0.1) is 0 Å². The lowest BCUT2D eigenvalue weighted by Gasteiger charge is -2.07. The average Bonchev–Trinajstić information content (AvgIpc) is 2.52. The molecule has 1 aliphatic heterocycles. The van der Waals surface area contributed by atoms with E-state index in [-0.39, 0.29) is 22.7 Å². The van der Waals surface area contributed by atoms with E-state index in [0.717, 1.165) is 0 Å². The van der Waals surface area contributed by atoms with E-state index in [1.807, 2.05) is 0 Å². The lowest BCUT2D eigenvalue weighted by molar-refractivity contribution is -0.118. The largest absolute Gasteiger partial charge is 0.351 e. The van der Waals surface area contributed by atoms with Crippen LogP contribution in [0.25, 0.3) is 0 Å². The molecular weight excluding hydrogens is 314 g/mol. The summed E-state index contributed by atoms with van der Waals surface area (Å²) in [7, 11) is -2.84. The standard InChI is InChI=1S/C9H14BrNO3S2/c1-7(10)4-11-9(12)5-15-8-2-3-16(13,14)6-8/h8H,1-6H2,(H,11,12). The summed E-state index contributed by atoms with van der Waals surface area (Å²) in [5, 5.41) is 2.74. The average molecular weight is 328 g/mol. The molecule has 1 unspecified atom stereocenters. The maximum absolute atomic E-state index is 11.3. The molecule has 0 aliphatic carbocycles. The summed E-state index contributed by atoms with van der Waals surface area (Å²) in [4.78, 5) is 11.3. The highest BCUT2D eigenvalue weighted by molar-refractivity contribution is 9.11. The zero-order valence-corrected chi connectivity index (χ0v) is 12.0. The third-order valence-corrected chi connectivity index (χ3v) is 5.68. The number of carbonyl (C=O) groups is 1. The Kier molecular flexibility index (Phi) is 5.33. The quantitative estimate of drug-likeness (QED) is 0.816. The van der Waals surface area contributed by atoms with Gasteiger partial charge in [0.15, 0.2) is 9.84 Å². The zero-order chi connectivity index (χ0) is 12.2. The molecule has 1 aliphatic rings. The Hall–Kier alpha value is -0.0100. The molecule has 16 heavy (non-hydrogen) atoms. The van der Waals surface area contributed by atoms with Crippen LogP contribution in [0.2, 0.25) is 0 Å². The molecule has 92 valence electrons. The Morgan fingerprint density at radius 2 is 2.25 bits per heavy atom. The van der Waals surface area contributed by atoms with Crippen molar-refractivity contribution in [3.63, 3.8) is 0 Å². The number of sulfone groups is 1. The smallest absolute Gasteiger partial charge is 0.230 e. The highest BCUT2D eigenvalue weighted by atomic mass is 79.9. The number of halogens is 1. The molecule has 0 bridgehead atoms. The van der Waals surface area contributed by atoms with E-state index in [1.165, 1.54) is 11.8 Å². The summed E-state index contributed by atoms with van der Waals surface area (Å²) in [6, 6.07) is 0. The van der Waals surface area contributed by atoms with E-state index in [1.54, 1.807) is 0 Å². The van der Waals surface area contributed by atoms with Crippen molar-refractivity contribution < 1.29 is 13.2 Å². The SMILES string of the molecule is C=C(Br)CNC(=O)CSC1CCS(=O)(=O)C1. The predicted molar refractivity (Wildman–Crippen MR) is 70.6 cm³/mol. The van der Waals surface area contributed by atoms with Crippen LogP contribution in [0.4, 0.5) is 0 Å². The van der Waals surface area contributed by atoms with E-state index in [9.17, 15) is 13.2 Å². The molecule has 1 saturated heterocycles. The van der Waals surface area contributed by atoms with E-state index >= 15 is 0 Å². The van der Waals surface area contributed by atoms with E-state index in [0.29, 0.717) is 23.2 Å². The van der Waals surface area contributed by atoms with Crippen LogP contribution in [0.5, 0.6) is 0 Å². The van der Waals surface area contributed by atoms with Crippen LogP contribution in [0.1, 0.15) is 6.42 Å². The van der Waals surface area contributed by atoms with Crippen LogP contribution in [-0.4, -0.2) is 43.4 Å². The van der Waals surface area contributed by atoms with Gasteiger partial charge in [-0.05, 0) is 6.42 Å². The van der Waals surface area contributed by atoms with Gasteiger partial charge in [-0.3, -0.25) is 4.79 Å². The highest BCUT2D eigenvalue weighted by Gasteiger charge is 2.28. The molecule has 1 fully saturated rings. The topological polar surface area (TPSA) is 63.2 Å². The van der Waals surface area contributed by atoms with Gasteiger partial charge in [-0.25, -0.2) is 8.42 Å². The molecule has 0 spiro atoms. The minimum absolute atomic E-state index is 0.0721. The van der Waals surface area contributed by atoms with Crippen molar-refractivity contribution >= 4 is 43.4 Å². The van der Waals surface area contributed by atoms with Crippen LogP contribution < -0.4 is 5.32 Å². The molecule has 1 heterocycles. The molecule has 7 heteroatoms. The Morgan fingerprint density at radius 3 is 2.75 bits per heavy atom. The lowest BCUT2D eigenvalue weighted by atomic mass is 10.4. The van der Waals surface area contributed by atoms with Crippen LogP contribution in [0.15, 0.2) is 11.1 Å². The van der Waals surface area contributed by atoms with E-state index < -0.39 is 9.84 Å². The van der Waals surface area contributed by atoms with Crippen molar-refractivity contribution in [1.82, 2.24) is 5.32 Å². The summed E-state index contributed by atoms with van der Waals surface area (Å²) in [5.41, 5.74) is 0. The van der Waals surface area contributed by atoms with Gasteiger partial charge in [0.1, 0.15) is 0 Å². The molecule has 0 radical (unpaired) electrons. The fraction of sp³-hybridized carbons (Fsp3) is 0.667. The van der Waals surface area contributed by atoms with Crippen molar-refractivity contribution in [3.8, 4) is 0 Å². The van der Waals surface area contributed by atoms with Gasteiger partial charge >= 0.3 is 0 Å². The second kappa shape index (κ2) is 6.07. The number of thioether (sulfide) groups is 1. The van der Waals surface area contributed by atoms with Gasteiger partial charge in [0, 0.05) is 16.3 Å². The minimum Gasteiger partial charge on any atom is -0.351 e. The zero-order valence-electron chi connectivity index (χ0n) is 8.74. The van der Waals surface area contributed by atoms with Crippen molar-refractivity contribution in [2.75, 3.05) is 23.8 Å². The van der Waals surface area contributed by atoms with Crippen molar-refractivity contribution in [2.24, 2.45) is 0 Å². The van der Waals surface area contributed by atoms with Crippen LogP contribution in [0.3, 0.4) is 0 Å². The molecule has 0 aromatic carbocycles. The summed E-state index contributed by atoms with van der Waals surface area (Å²) in [6.07, 6.45) is 0.658. The molecule has 0 aromatic heterocycles. The van der Waals surface area contributed by atoms with Crippen molar-refractivity contribution in [1.29, 1.82) is 0 Å². The monoisotopic (exact) mass is 327 g/mol. The molecule has 0 aromatic rings. The first-order valence-electron chi connectivity index (χ1n) is 4.81. The van der Waals surface area contributed by atoms with Gasteiger partial charge in [-0.2, -0.15) is 0 Å². The molecule has 1 atom stereocenters. The third-order valence-electron chi connectivity index (χ3n) is 2.12. The molecule has 0 saturated carbocycles. The number of hydrogen-bond acceptors (Lipinski definition) is 4. The Morgan fingerprint density at radius 1 is 1.56 bits per heavy atom. The molecule has 4 nitrogen and oxygen atoms in total. The normalized spacial score (nSPS) is 22.9. The van der Waals surface area contributed by atoms with Gasteiger partial charge < -0.3 is 5.32 Å². The Bertz CT molecular complexity index is 380. The fourth-order valence-corrected chi connectivity index (χ4v) is 4.94. The minimum atomic E-state index is -2.84. The first kappa shape index (κ1) is 14.1. The highest BCUT2D eigenvalue weighted by Crippen LogP contribution is 2.23. The van der Waals surface area contributed by atoms with Gasteiger partial charge in [0.2, 0.25) is 5.91 Å². The maximum Gasteiger partial charge on any atom is 0.230 e. The summed E-state index contributed by atoms with van der Waals surface area (Å²) in [5.74, 6) is 0.677. The first-order valence-corrected chi connectivity index (χ1v) is 8.47. The fourth-order valence-electron chi connectivity index (χ4n) is 1.33. The molecule has 1 amide bonds. The van der Waals surface area contributed by atoms with Gasteiger partial charge in [0.05, 0.1) is 17.3 Å². The number of hydrogen-bond donors (Lipinski definition) is 1. The first-order chi connectivity index (χ1) is 7.39.